The predicted octanol–water partition coefficient (Wildman–Crippen LogP) is 1.33. The molecule has 0 unspecified atom stereocenters. The third-order valence-corrected chi connectivity index (χ3v) is 5.50. The molecule has 1 aromatic heterocycles. The molecule has 0 radical (unpaired) electrons. The Kier molecular flexibility index (Phi) is 3.38. The van der Waals surface area contributed by atoms with Crippen molar-refractivity contribution in [1.29, 1.82) is 0 Å². The van der Waals surface area contributed by atoms with Gasteiger partial charge in [-0.25, -0.2) is 8.42 Å². The third kappa shape index (κ3) is 2.50. The Bertz CT molecular complexity index is 792. The van der Waals surface area contributed by atoms with Gasteiger partial charge in [-0.05, 0) is 30.2 Å². The molecular formula is C14H14N2O4S. The van der Waals surface area contributed by atoms with Gasteiger partial charge in [-0.3, -0.25) is 9.78 Å². The molecule has 0 aliphatic carbocycles. The largest absolute Gasteiger partial charge is 0.481 e. The highest BCUT2D eigenvalue weighted by Gasteiger charge is 2.38. The number of rotatable bonds is 4. The summed E-state index contributed by atoms with van der Waals surface area (Å²) in [4.78, 5) is 15.0. The van der Waals surface area contributed by atoms with Gasteiger partial charge in [-0.1, -0.05) is 6.07 Å². The zero-order chi connectivity index (χ0) is 15.0. The Balaban J connectivity index is 1.90. The summed E-state index contributed by atoms with van der Waals surface area (Å²) in [6, 6.07) is 8.41. The normalized spacial score (nSPS) is 16.8. The van der Waals surface area contributed by atoms with E-state index in [-0.39, 0.29) is 30.3 Å². The fourth-order valence-corrected chi connectivity index (χ4v) is 4.33. The van der Waals surface area contributed by atoms with Crippen molar-refractivity contribution < 1.29 is 18.3 Å². The second kappa shape index (κ2) is 5.09. The van der Waals surface area contributed by atoms with E-state index >= 15 is 0 Å². The van der Waals surface area contributed by atoms with Gasteiger partial charge in [0, 0.05) is 24.7 Å². The number of aliphatic carboxylic acids is 1. The van der Waals surface area contributed by atoms with Crippen molar-refractivity contribution >= 4 is 26.9 Å². The molecular weight excluding hydrogens is 292 g/mol. The van der Waals surface area contributed by atoms with Crippen LogP contribution >= 0.6 is 0 Å². The maximum absolute atomic E-state index is 12.6. The van der Waals surface area contributed by atoms with Gasteiger partial charge >= 0.3 is 5.97 Å². The lowest BCUT2D eigenvalue weighted by molar-refractivity contribution is -0.139. The van der Waals surface area contributed by atoms with Crippen molar-refractivity contribution in [3.8, 4) is 0 Å². The van der Waals surface area contributed by atoms with E-state index in [1.807, 2.05) is 0 Å². The maximum Gasteiger partial charge on any atom is 0.303 e. The van der Waals surface area contributed by atoms with Gasteiger partial charge in [-0.2, -0.15) is 4.31 Å². The number of carboxylic acid groups (broad SMARTS) is 1. The highest BCUT2D eigenvalue weighted by Crippen LogP contribution is 2.30. The van der Waals surface area contributed by atoms with Crippen LogP contribution in [0.2, 0.25) is 0 Å². The van der Waals surface area contributed by atoms with E-state index < -0.39 is 16.0 Å². The number of sulfonamides is 1. The maximum atomic E-state index is 12.6. The Labute approximate surface area is 122 Å². The minimum absolute atomic E-state index is 0.00309. The summed E-state index contributed by atoms with van der Waals surface area (Å²) >= 11 is 0. The highest BCUT2D eigenvalue weighted by molar-refractivity contribution is 7.89. The van der Waals surface area contributed by atoms with E-state index in [4.69, 9.17) is 5.11 Å². The minimum Gasteiger partial charge on any atom is -0.481 e. The van der Waals surface area contributed by atoms with Gasteiger partial charge in [0.1, 0.15) is 0 Å². The van der Waals surface area contributed by atoms with E-state index in [0.717, 1.165) is 0 Å². The number of carboxylic acids is 1. The van der Waals surface area contributed by atoms with Gasteiger partial charge in [0.05, 0.1) is 16.8 Å². The van der Waals surface area contributed by atoms with Crippen LogP contribution in [0.5, 0.6) is 0 Å². The van der Waals surface area contributed by atoms with Crippen molar-refractivity contribution in [3.63, 3.8) is 0 Å². The quantitative estimate of drug-likeness (QED) is 0.920. The third-order valence-electron chi connectivity index (χ3n) is 3.61. The Morgan fingerprint density at radius 3 is 2.76 bits per heavy atom. The molecule has 1 saturated heterocycles. The number of aromatic nitrogens is 1. The fraction of sp³-hybridized carbons (Fsp3) is 0.286. The second-order valence-electron chi connectivity index (χ2n) is 5.11. The summed E-state index contributed by atoms with van der Waals surface area (Å²) in [6.45, 7) is 0.510. The average molecular weight is 306 g/mol. The Morgan fingerprint density at radius 1 is 1.29 bits per heavy atom. The van der Waals surface area contributed by atoms with E-state index in [2.05, 4.69) is 4.98 Å². The van der Waals surface area contributed by atoms with Crippen LogP contribution in [0.3, 0.4) is 0 Å². The number of benzene rings is 1. The first-order chi connectivity index (χ1) is 9.98. The molecule has 3 rings (SSSR count). The van der Waals surface area contributed by atoms with E-state index in [9.17, 15) is 13.2 Å². The summed E-state index contributed by atoms with van der Waals surface area (Å²) in [7, 11) is -3.60. The molecule has 1 fully saturated rings. The van der Waals surface area contributed by atoms with Crippen LogP contribution in [0, 0.1) is 5.92 Å². The van der Waals surface area contributed by atoms with Crippen LogP contribution in [0.1, 0.15) is 6.42 Å². The average Bonchev–Trinajstić information content (AvgIpc) is 2.41. The molecule has 0 saturated carbocycles. The Hall–Kier alpha value is -1.99. The lowest BCUT2D eigenvalue weighted by Gasteiger charge is -2.37. The van der Waals surface area contributed by atoms with Crippen LogP contribution in [0.25, 0.3) is 10.9 Å². The first kappa shape index (κ1) is 14.0. The molecule has 0 bridgehead atoms. The molecule has 110 valence electrons. The molecule has 1 aliphatic heterocycles. The summed E-state index contributed by atoms with van der Waals surface area (Å²) in [6.07, 6.45) is 1.62. The highest BCUT2D eigenvalue weighted by atomic mass is 32.2. The zero-order valence-electron chi connectivity index (χ0n) is 11.1. The van der Waals surface area contributed by atoms with Crippen molar-refractivity contribution in [2.45, 2.75) is 11.3 Å². The van der Waals surface area contributed by atoms with Gasteiger partial charge in [0.2, 0.25) is 10.0 Å². The standard InChI is InChI=1S/C14H14N2O4S/c17-14(18)7-10-8-16(9-10)21(19,20)13-5-1-4-12-11(13)3-2-6-15-12/h1-6,10H,7-9H2,(H,17,18). The van der Waals surface area contributed by atoms with E-state index in [0.29, 0.717) is 10.9 Å². The number of hydrogen-bond donors (Lipinski definition) is 1. The van der Waals surface area contributed by atoms with Crippen LogP contribution < -0.4 is 0 Å². The van der Waals surface area contributed by atoms with Crippen LogP contribution in [-0.2, 0) is 14.8 Å². The number of fused-ring (bicyclic) bond motifs is 1. The summed E-state index contributed by atoms with van der Waals surface area (Å²) < 4.78 is 26.5. The monoisotopic (exact) mass is 306 g/mol. The molecule has 2 aromatic rings. The predicted molar refractivity (Wildman–Crippen MR) is 76.2 cm³/mol. The number of nitrogens with zero attached hydrogens (tertiary/aromatic N) is 2. The molecule has 0 atom stereocenters. The molecule has 0 amide bonds. The van der Waals surface area contributed by atoms with E-state index in [1.54, 1.807) is 36.5 Å². The van der Waals surface area contributed by atoms with Crippen molar-refractivity contribution in [1.82, 2.24) is 9.29 Å². The summed E-state index contributed by atoms with van der Waals surface area (Å²) in [5, 5.41) is 9.30. The van der Waals surface area contributed by atoms with Crippen molar-refractivity contribution in [2.24, 2.45) is 5.92 Å². The molecule has 6 nitrogen and oxygen atoms in total. The lowest BCUT2D eigenvalue weighted by Crippen LogP contribution is -2.50. The van der Waals surface area contributed by atoms with Crippen LogP contribution in [0.4, 0.5) is 0 Å². The lowest BCUT2D eigenvalue weighted by atomic mass is 10.00. The number of hydrogen-bond acceptors (Lipinski definition) is 4. The molecule has 1 aliphatic rings. The van der Waals surface area contributed by atoms with Crippen molar-refractivity contribution in [3.05, 3.63) is 36.5 Å². The van der Waals surface area contributed by atoms with Gasteiger partial charge in [0.25, 0.3) is 0 Å². The molecule has 7 heteroatoms. The van der Waals surface area contributed by atoms with Crippen LogP contribution in [0.15, 0.2) is 41.4 Å². The first-order valence-corrected chi connectivity index (χ1v) is 7.98. The van der Waals surface area contributed by atoms with Gasteiger partial charge in [-0.15, -0.1) is 0 Å². The molecule has 1 N–H and O–H groups in total. The molecule has 0 spiro atoms. The number of carbonyl (C=O) groups is 1. The summed E-state index contributed by atoms with van der Waals surface area (Å²) in [5.74, 6) is -1.00. The topological polar surface area (TPSA) is 87.6 Å². The number of pyridine rings is 1. The summed E-state index contributed by atoms with van der Waals surface area (Å²) in [5.41, 5.74) is 0.626. The van der Waals surface area contributed by atoms with Crippen LogP contribution in [-0.4, -0.2) is 41.9 Å². The van der Waals surface area contributed by atoms with E-state index in [1.165, 1.54) is 4.31 Å². The smallest absolute Gasteiger partial charge is 0.303 e. The van der Waals surface area contributed by atoms with Gasteiger partial charge < -0.3 is 5.11 Å². The second-order valence-corrected chi connectivity index (χ2v) is 7.02. The van der Waals surface area contributed by atoms with Gasteiger partial charge in [0.15, 0.2) is 0 Å². The molecule has 2 heterocycles. The Morgan fingerprint density at radius 2 is 2.05 bits per heavy atom. The SMILES string of the molecule is O=C(O)CC1CN(S(=O)(=O)c2cccc3ncccc23)C1. The molecule has 21 heavy (non-hydrogen) atoms. The first-order valence-electron chi connectivity index (χ1n) is 6.54. The minimum atomic E-state index is -3.60. The molecule has 1 aromatic carbocycles. The zero-order valence-corrected chi connectivity index (χ0v) is 12.0. The van der Waals surface area contributed by atoms with Crippen molar-refractivity contribution in [2.75, 3.05) is 13.1 Å². The fourth-order valence-electron chi connectivity index (χ4n) is 2.53.